The van der Waals surface area contributed by atoms with Crippen molar-refractivity contribution < 1.29 is 9.53 Å². The van der Waals surface area contributed by atoms with Crippen molar-refractivity contribution in [1.82, 2.24) is 14.7 Å². The van der Waals surface area contributed by atoms with Crippen LogP contribution in [0.25, 0.3) is 0 Å². The standard InChI is InChI=1S/C19H30N4O2/c1-16-3-4-18(15-17(16)2)20-19(24)23-9-7-21(8-10-23)5-6-22-11-13-25-14-12-22/h3-4,15H,5-14H2,1-2H3,(H,20,24). The fraction of sp³-hybridized carbons (Fsp3) is 0.632. The Labute approximate surface area is 150 Å². The molecule has 0 radical (unpaired) electrons. The fourth-order valence-electron chi connectivity index (χ4n) is 3.30. The highest BCUT2D eigenvalue weighted by atomic mass is 16.5. The number of morpholine rings is 1. The van der Waals surface area contributed by atoms with E-state index >= 15 is 0 Å². The number of amides is 2. The topological polar surface area (TPSA) is 48.1 Å². The minimum atomic E-state index is 0.0103. The molecule has 0 spiro atoms. The lowest BCUT2D eigenvalue weighted by molar-refractivity contribution is 0.0311. The van der Waals surface area contributed by atoms with E-state index in [4.69, 9.17) is 4.74 Å². The molecule has 0 atom stereocenters. The summed E-state index contributed by atoms with van der Waals surface area (Å²) in [6.07, 6.45) is 0. The van der Waals surface area contributed by atoms with Gasteiger partial charge in [-0.25, -0.2) is 4.79 Å². The molecule has 6 nitrogen and oxygen atoms in total. The second-order valence-electron chi connectivity index (χ2n) is 7.01. The first kappa shape index (κ1) is 18.2. The van der Waals surface area contributed by atoms with Gasteiger partial charge in [0, 0.05) is 58.0 Å². The smallest absolute Gasteiger partial charge is 0.321 e. The first-order valence-corrected chi connectivity index (χ1v) is 9.27. The largest absolute Gasteiger partial charge is 0.379 e. The van der Waals surface area contributed by atoms with E-state index < -0.39 is 0 Å². The Kier molecular flexibility index (Phi) is 6.29. The molecular formula is C19H30N4O2. The summed E-state index contributed by atoms with van der Waals surface area (Å²) in [4.78, 5) is 19.3. The van der Waals surface area contributed by atoms with E-state index in [-0.39, 0.29) is 6.03 Å². The zero-order valence-electron chi connectivity index (χ0n) is 15.5. The number of nitrogens with one attached hydrogen (secondary N) is 1. The molecule has 0 aliphatic carbocycles. The van der Waals surface area contributed by atoms with Crippen molar-refractivity contribution in [3.05, 3.63) is 29.3 Å². The molecule has 25 heavy (non-hydrogen) atoms. The van der Waals surface area contributed by atoms with Gasteiger partial charge in [-0.1, -0.05) is 6.07 Å². The molecular weight excluding hydrogens is 316 g/mol. The number of hydrogen-bond acceptors (Lipinski definition) is 4. The minimum absolute atomic E-state index is 0.0103. The minimum Gasteiger partial charge on any atom is -0.379 e. The van der Waals surface area contributed by atoms with Gasteiger partial charge in [-0.2, -0.15) is 0 Å². The summed E-state index contributed by atoms with van der Waals surface area (Å²) in [5, 5.41) is 3.02. The van der Waals surface area contributed by atoms with Crippen molar-refractivity contribution in [2.24, 2.45) is 0 Å². The van der Waals surface area contributed by atoms with E-state index in [0.29, 0.717) is 0 Å². The van der Waals surface area contributed by atoms with Gasteiger partial charge >= 0.3 is 6.03 Å². The van der Waals surface area contributed by atoms with Crippen molar-refractivity contribution in [2.75, 3.05) is 70.9 Å². The van der Waals surface area contributed by atoms with Crippen molar-refractivity contribution >= 4 is 11.7 Å². The summed E-state index contributed by atoms with van der Waals surface area (Å²) < 4.78 is 5.39. The molecule has 3 rings (SSSR count). The van der Waals surface area contributed by atoms with Gasteiger partial charge in [0.2, 0.25) is 0 Å². The molecule has 1 aromatic carbocycles. The molecule has 0 unspecified atom stereocenters. The number of rotatable bonds is 4. The number of carbonyl (C=O) groups excluding carboxylic acids is 1. The molecule has 1 aromatic rings. The molecule has 1 N–H and O–H groups in total. The van der Waals surface area contributed by atoms with Crippen LogP contribution in [0.4, 0.5) is 10.5 Å². The predicted molar refractivity (Wildman–Crippen MR) is 100 cm³/mol. The summed E-state index contributed by atoms with van der Waals surface area (Å²) >= 11 is 0. The monoisotopic (exact) mass is 346 g/mol. The Balaban J connectivity index is 1.40. The quantitative estimate of drug-likeness (QED) is 0.903. The van der Waals surface area contributed by atoms with Crippen molar-refractivity contribution in [3.8, 4) is 0 Å². The van der Waals surface area contributed by atoms with Gasteiger partial charge < -0.3 is 15.0 Å². The molecule has 0 aromatic heterocycles. The Morgan fingerprint density at radius 3 is 2.24 bits per heavy atom. The molecule has 0 bridgehead atoms. The Morgan fingerprint density at radius 2 is 1.60 bits per heavy atom. The molecule has 2 aliphatic rings. The van der Waals surface area contributed by atoms with Crippen LogP contribution in [-0.2, 0) is 4.74 Å². The third-order valence-corrected chi connectivity index (χ3v) is 5.25. The van der Waals surface area contributed by atoms with Gasteiger partial charge in [0.25, 0.3) is 0 Å². The number of benzene rings is 1. The van der Waals surface area contributed by atoms with Gasteiger partial charge in [-0.3, -0.25) is 9.80 Å². The molecule has 2 aliphatic heterocycles. The highest BCUT2D eigenvalue weighted by Gasteiger charge is 2.21. The van der Waals surface area contributed by atoms with Gasteiger partial charge in [0.1, 0.15) is 0 Å². The van der Waals surface area contributed by atoms with Crippen molar-refractivity contribution in [2.45, 2.75) is 13.8 Å². The third kappa shape index (κ3) is 5.17. The van der Waals surface area contributed by atoms with Crippen LogP contribution < -0.4 is 5.32 Å². The van der Waals surface area contributed by atoms with Crippen molar-refractivity contribution in [1.29, 1.82) is 0 Å². The van der Waals surface area contributed by atoms with Crippen LogP contribution >= 0.6 is 0 Å². The van der Waals surface area contributed by atoms with Gasteiger partial charge in [0.05, 0.1) is 13.2 Å². The third-order valence-electron chi connectivity index (χ3n) is 5.25. The number of carbonyl (C=O) groups is 1. The summed E-state index contributed by atoms with van der Waals surface area (Å²) in [7, 11) is 0. The first-order chi connectivity index (χ1) is 12.1. The summed E-state index contributed by atoms with van der Waals surface area (Å²) in [6, 6.07) is 6.06. The van der Waals surface area contributed by atoms with Crippen LogP contribution in [0.5, 0.6) is 0 Å². The van der Waals surface area contributed by atoms with Crippen molar-refractivity contribution in [3.63, 3.8) is 0 Å². The lowest BCUT2D eigenvalue weighted by atomic mass is 10.1. The lowest BCUT2D eigenvalue weighted by Gasteiger charge is -2.36. The lowest BCUT2D eigenvalue weighted by Crippen LogP contribution is -2.51. The zero-order chi connectivity index (χ0) is 17.6. The molecule has 2 heterocycles. The predicted octanol–water partition coefficient (Wildman–Crippen LogP) is 1.79. The second-order valence-corrected chi connectivity index (χ2v) is 7.01. The van der Waals surface area contributed by atoms with E-state index in [1.807, 2.05) is 17.0 Å². The van der Waals surface area contributed by atoms with Crippen LogP contribution in [0.1, 0.15) is 11.1 Å². The number of hydrogen-bond donors (Lipinski definition) is 1. The normalized spacial score (nSPS) is 19.8. The average Bonchev–Trinajstić information content (AvgIpc) is 2.64. The first-order valence-electron chi connectivity index (χ1n) is 9.27. The Hall–Kier alpha value is -1.63. The Bertz CT molecular complexity index is 579. The highest BCUT2D eigenvalue weighted by molar-refractivity contribution is 5.89. The van der Waals surface area contributed by atoms with Crippen LogP contribution in [0.3, 0.4) is 0 Å². The number of aryl methyl sites for hydroxylation is 2. The van der Waals surface area contributed by atoms with Gasteiger partial charge in [-0.15, -0.1) is 0 Å². The molecule has 0 saturated carbocycles. The van der Waals surface area contributed by atoms with Gasteiger partial charge in [-0.05, 0) is 37.1 Å². The molecule has 2 saturated heterocycles. The van der Waals surface area contributed by atoms with E-state index in [2.05, 4.69) is 35.0 Å². The number of anilines is 1. The van der Waals surface area contributed by atoms with Gasteiger partial charge in [0.15, 0.2) is 0 Å². The van der Waals surface area contributed by atoms with E-state index in [1.165, 1.54) is 11.1 Å². The van der Waals surface area contributed by atoms with Crippen LogP contribution in [0, 0.1) is 13.8 Å². The molecule has 2 amide bonds. The molecule has 6 heteroatoms. The maximum atomic E-state index is 12.4. The summed E-state index contributed by atoms with van der Waals surface area (Å²) in [5.74, 6) is 0. The second kappa shape index (κ2) is 8.65. The number of nitrogens with zero attached hydrogens (tertiary/aromatic N) is 3. The van der Waals surface area contributed by atoms with Crippen LogP contribution in [-0.4, -0.2) is 86.3 Å². The van der Waals surface area contributed by atoms with E-state index in [1.54, 1.807) is 0 Å². The molecule has 138 valence electrons. The maximum absolute atomic E-state index is 12.4. The molecule has 2 fully saturated rings. The van der Waals surface area contributed by atoms with Crippen LogP contribution in [0.15, 0.2) is 18.2 Å². The average molecular weight is 346 g/mol. The summed E-state index contributed by atoms with van der Waals surface area (Å²) in [6.45, 7) is 13.6. The highest BCUT2D eigenvalue weighted by Crippen LogP contribution is 2.15. The maximum Gasteiger partial charge on any atom is 0.321 e. The van der Waals surface area contributed by atoms with E-state index in [0.717, 1.165) is 71.3 Å². The van der Waals surface area contributed by atoms with Crippen LogP contribution in [0.2, 0.25) is 0 Å². The van der Waals surface area contributed by atoms with E-state index in [9.17, 15) is 4.79 Å². The number of ether oxygens (including phenoxy) is 1. The summed E-state index contributed by atoms with van der Waals surface area (Å²) in [5.41, 5.74) is 3.32. The zero-order valence-corrected chi connectivity index (χ0v) is 15.5. The number of piperazine rings is 1. The Morgan fingerprint density at radius 1 is 0.960 bits per heavy atom. The fourth-order valence-corrected chi connectivity index (χ4v) is 3.30. The number of urea groups is 1. The SMILES string of the molecule is Cc1ccc(NC(=O)N2CCN(CCN3CCOCC3)CC2)cc1C.